The number of nitrogens with zero attached hydrogens (tertiary/aromatic N) is 2. The van der Waals surface area contributed by atoms with Crippen molar-refractivity contribution in [3.05, 3.63) is 28.7 Å². The molecule has 0 aliphatic heterocycles. The Hall–Kier alpha value is -1.09. The largest absolute Gasteiger partial charge is 0.367 e. The highest BCUT2D eigenvalue weighted by Crippen LogP contribution is 2.23. The molecule has 1 aromatic rings. The molecule has 18 heavy (non-hydrogen) atoms. The molecule has 3 nitrogen and oxygen atoms in total. The normalized spacial score (nSPS) is 18.9. The fourth-order valence-electron chi connectivity index (χ4n) is 2.13. The summed E-state index contributed by atoms with van der Waals surface area (Å²) in [7, 11) is 0. The van der Waals surface area contributed by atoms with Crippen molar-refractivity contribution in [2.45, 2.75) is 52.0 Å². The van der Waals surface area contributed by atoms with Crippen LogP contribution in [-0.4, -0.2) is 16.0 Å². The van der Waals surface area contributed by atoms with Crippen molar-refractivity contribution < 1.29 is 0 Å². The van der Waals surface area contributed by atoms with Gasteiger partial charge in [-0.1, -0.05) is 30.7 Å². The summed E-state index contributed by atoms with van der Waals surface area (Å²) in [5.74, 6) is 1.74. The maximum atomic E-state index is 6.17. The Morgan fingerprint density at radius 2 is 2.22 bits per heavy atom. The van der Waals surface area contributed by atoms with Crippen LogP contribution in [0.4, 0.5) is 5.82 Å². The lowest BCUT2D eigenvalue weighted by Gasteiger charge is -2.21. The summed E-state index contributed by atoms with van der Waals surface area (Å²) in [5.41, 5.74) is 0.950. The number of aromatic nitrogens is 2. The summed E-state index contributed by atoms with van der Waals surface area (Å²) >= 11 is 6.17. The maximum absolute atomic E-state index is 6.17. The Morgan fingerprint density at radius 1 is 1.39 bits per heavy atom. The van der Waals surface area contributed by atoms with E-state index in [2.05, 4.69) is 34.4 Å². The predicted molar refractivity (Wildman–Crippen MR) is 76.2 cm³/mol. The molecule has 0 aromatic carbocycles. The van der Waals surface area contributed by atoms with Crippen molar-refractivity contribution >= 4 is 17.4 Å². The molecule has 2 rings (SSSR count). The zero-order valence-corrected chi connectivity index (χ0v) is 11.8. The van der Waals surface area contributed by atoms with Gasteiger partial charge in [0.15, 0.2) is 0 Å². The van der Waals surface area contributed by atoms with Gasteiger partial charge in [0.2, 0.25) is 0 Å². The van der Waals surface area contributed by atoms with E-state index >= 15 is 0 Å². The first kappa shape index (κ1) is 13.3. The summed E-state index contributed by atoms with van der Waals surface area (Å²) in [6.45, 7) is 4.09. The van der Waals surface area contributed by atoms with E-state index in [1.807, 2.05) is 6.92 Å². The van der Waals surface area contributed by atoms with E-state index in [-0.39, 0.29) is 0 Å². The topological polar surface area (TPSA) is 37.8 Å². The zero-order chi connectivity index (χ0) is 13.0. The number of halogens is 1. The van der Waals surface area contributed by atoms with E-state index < -0.39 is 0 Å². The Morgan fingerprint density at radius 3 is 2.89 bits per heavy atom. The molecule has 0 spiro atoms. The molecule has 98 valence electrons. The average Bonchev–Trinajstić information content (AvgIpc) is 2.37. The lowest BCUT2D eigenvalue weighted by atomic mass is 10.0. The highest BCUT2D eigenvalue weighted by atomic mass is 35.5. The number of anilines is 1. The summed E-state index contributed by atoms with van der Waals surface area (Å²) in [6.07, 6.45) is 9.72. The quantitative estimate of drug-likeness (QED) is 0.663. The summed E-state index contributed by atoms with van der Waals surface area (Å²) in [4.78, 5) is 8.90. The van der Waals surface area contributed by atoms with Crippen molar-refractivity contribution in [1.29, 1.82) is 0 Å². The molecule has 1 N–H and O–H groups in total. The lowest BCUT2D eigenvalue weighted by Crippen LogP contribution is -2.22. The smallest absolute Gasteiger partial charge is 0.137 e. The van der Waals surface area contributed by atoms with E-state index in [0.717, 1.165) is 49.3 Å². The molecule has 1 atom stereocenters. The highest BCUT2D eigenvalue weighted by Gasteiger charge is 2.14. The number of rotatable bonds is 4. The number of hydrogen-bond acceptors (Lipinski definition) is 3. The molecule has 0 bridgehead atoms. The first-order chi connectivity index (χ1) is 8.70. The second-order valence-corrected chi connectivity index (χ2v) is 5.14. The van der Waals surface area contributed by atoms with E-state index in [1.165, 1.54) is 0 Å². The summed E-state index contributed by atoms with van der Waals surface area (Å²) in [6, 6.07) is 0.467. The fourth-order valence-corrected chi connectivity index (χ4v) is 2.31. The molecule has 1 aliphatic rings. The molecule has 0 fully saturated rings. The van der Waals surface area contributed by atoms with Crippen molar-refractivity contribution in [1.82, 2.24) is 9.97 Å². The van der Waals surface area contributed by atoms with Crippen LogP contribution >= 0.6 is 11.6 Å². The average molecular weight is 266 g/mol. The summed E-state index contributed by atoms with van der Waals surface area (Å²) < 4.78 is 0. The van der Waals surface area contributed by atoms with Gasteiger partial charge in [-0.2, -0.15) is 0 Å². The Bertz CT molecular complexity index is 443. The van der Waals surface area contributed by atoms with Crippen LogP contribution in [0.1, 0.15) is 44.0 Å². The third-order valence-corrected chi connectivity index (χ3v) is 3.58. The van der Waals surface area contributed by atoms with E-state index in [1.54, 1.807) is 0 Å². The van der Waals surface area contributed by atoms with Gasteiger partial charge in [0, 0.05) is 18.0 Å². The van der Waals surface area contributed by atoms with E-state index in [4.69, 9.17) is 11.6 Å². The van der Waals surface area contributed by atoms with Gasteiger partial charge < -0.3 is 5.32 Å². The molecule has 4 heteroatoms. The van der Waals surface area contributed by atoms with Gasteiger partial charge in [0.05, 0.1) is 0 Å². The molecule has 0 radical (unpaired) electrons. The standard InChI is InChI=1S/C14H20ClN3/c1-3-7-12-17-13(15)10(2)14(18-12)16-11-8-5-4-6-9-11/h4-5,11H,3,6-9H2,1-2H3,(H,16,17,18). The molecule has 0 saturated heterocycles. The van der Waals surface area contributed by atoms with E-state index in [9.17, 15) is 0 Å². The van der Waals surface area contributed by atoms with Gasteiger partial charge in [0.25, 0.3) is 0 Å². The van der Waals surface area contributed by atoms with Crippen molar-refractivity contribution in [2.75, 3.05) is 5.32 Å². The van der Waals surface area contributed by atoms with Crippen LogP contribution in [0.5, 0.6) is 0 Å². The molecule has 1 aliphatic carbocycles. The Balaban J connectivity index is 2.17. The minimum atomic E-state index is 0.467. The lowest BCUT2D eigenvalue weighted by molar-refractivity contribution is 0.640. The Kier molecular flexibility index (Phi) is 4.59. The second-order valence-electron chi connectivity index (χ2n) is 4.78. The van der Waals surface area contributed by atoms with Crippen LogP contribution in [0.15, 0.2) is 12.2 Å². The predicted octanol–water partition coefficient (Wildman–Crippen LogP) is 3.91. The molecule has 1 aromatic heterocycles. The second kappa shape index (κ2) is 6.19. The monoisotopic (exact) mass is 265 g/mol. The van der Waals surface area contributed by atoms with Gasteiger partial charge in [-0.15, -0.1) is 0 Å². The highest BCUT2D eigenvalue weighted by molar-refractivity contribution is 6.30. The van der Waals surface area contributed by atoms with Crippen LogP contribution in [0.3, 0.4) is 0 Å². The van der Waals surface area contributed by atoms with Crippen LogP contribution in [-0.2, 0) is 6.42 Å². The third kappa shape index (κ3) is 3.22. The molecule has 0 amide bonds. The minimum absolute atomic E-state index is 0.467. The van der Waals surface area contributed by atoms with Gasteiger partial charge in [-0.3, -0.25) is 0 Å². The molecule has 1 heterocycles. The van der Waals surface area contributed by atoms with Gasteiger partial charge in [0.1, 0.15) is 16.8 Å². The third-order valence-electron chi connectivity index (χ3n) is 3.22. The van der Waals surface area contributed by atoms with Crippen molar-refractivity contribution in [2.24, 2.45) is 0 Å². The van der Waals surface area contributed by atoms with Gasteiger partial charge >= 0.3 is 0 Å². The number of nitrogens with one attached hydrogen (secondary N) is 1. The van der Waals surface area contributed by atoms with E-state index in [0.29, 0.717) is 11.2 Å². The molecule has 1 unspecified atom stereocenters. The van der Waals surface area contributed by atoms with Crippen LogP contribution in [0.25, 0.3) is 0 Å². The van der Waals surface area contributed by atoms with Crippen LogP contribution in [0, 0.1) is 6.92 Å². The number of aryl methyl sites for hydroxylation is 1. The van der Waals surface area contributed by atoms with Crippen LogP contribution < -0.4 is 5.32 Å². The molecular weight excluding hydrogens is 246 g/mol. The van der Waals surface area contributed by atoms with Crippen molar-refractivity contribution in [3.8, 4) is 0 Å². The number of hydrogen-bond donors (Lipinski definition) is 1. The summed E-state index contributed by atoms with van der Waals surface area (Å²) in [5, 5.41) is 4.07. The fraction of sp³-hybridized carbons (Fsp3) is 0.571. The first-order valence-electron chi connectivity index (χ1n) is 6.65. The minimum Gasteiger partial charge on any atom is -0.367 e. The van der Waals surface area contributed by atoms with Crippen molar-refractivity contribution in [3.63, 3.8) is 0 Å². The SMILES string of the molecule is CCCc1nc(Cl)c(C)c(NC2CC=CCC2)n1. The Labute approximate surface area is 114 Å². The molecule has 0 saturated carbocycles. The van der Waals surface area contributed by atoms with Crippen LogP contribution in [0.2, 0.25) is 5.15 Å². The first-order valence-corrected chi connectivity index (χ1v) is 7.03. The zero-order valence-electron chi connectivity index (χ0n) is 11.0. The number of allylic oxidation sites excluding steroid dienone is 1. The van der Waals surface area contributed by atoms with Gasteiger partial charge in [-0.05, 0) is 32.6 Å². The molecular formula is C14H20ClN3. The van der Waals surface area contributed by atoms with Gasteiger partial charge in [-0.25, -0.2) is 9.97 Å². The maximum Gasteiger partial charge on any atom is 0.137 e.